The zero-order valence-electron chi connectivity index (χ0n) is 18.8. The van der Waals surface area contributed by atoms with E-state index in [9.17, 15) is 4.79 Å². The fourth-order valence-electron chi connectivity index (χ4n) is 4.14. The molecule has 0 saturated carbocycles. The lowest BCUT2D eigenvalue weighted by atomic mass is 9.93. The van der Waals surface area contributed by atoms with Gasteiger partial charge in [0, 0.05) is 24.2 Å². The molecular weight excluding hydrogens is 406 g/mol. The van der Waals surface area contributed by atoms with Gasteiger partial charge in [-0.25, -0.2) is 0 Å². The zero-order valence-corrected chi connectivity index (χ0v) is 18.8. The van der Waals surface area contributed by atoms with E-state index in [2.05, 4.69) is 43.0 Å². The molecule has 3 nitrogen and oxygen atoms in total. The molecule has 0 spiro atoms. The van der Waals surface area contributed by atoms with E-state index in [1.807, 2.05) is 71.7 Å². The highest BCUT2D eigenvalue weighted by Crippen LogP contribution is 2.36. The van der Waals surface area contributed by atoms with Crippen LogP contribution in [-0.2, 0) is 17.6 Å². The Morgan fingerprint density at radius 3 is 2.18 bits per heavy atom. The number of anilines is 1. The third kappa shape index (κ3) is 5.69. The number of nitrogens with zero attached hydrogens (tertiary/aromatic N) is 1. The predicted octanol–water partition coefficient (Wildman–Crippen LogP) is 6.50. The maximum atomic E-state index is 12.7. The number of hydrogen-bond acceptors (Lipinski definition) is 2. The molecule has 0 aliphatic carbocycles. The molecular formula is C30H29NO2. The van der Waals surface area contributed by atoms with Crippen LogP contribution in [0.1, 0.15) is 28.7 Å². The molecule has 1 amide bonds. The number of hydrogen-bond donors (Lipinski definition) is 0. The molecule has 33 heavy (non-hydrogen) atoms. The third-order valence-electron chi connectivity index (χ3n) is 5.74. The molecule has 1 aliphatic heterocycles. The molecule has 0 N–H and O–H groups in total. The summed E-state index contributed by atoms with van der Waals surface area (Å²) in [5.74, 6) is 1.02. The van der Waals surface area contributed by atoms with Crippen LogP contribution in [0.15, 0.2) is 97.6 Å². The summed E-state index contributed by atoms with van der Waals surface area (Å²) in [6, 6.07) is 24.3. The molecule has 166 valence electrons. The maximum Gasteiger partial charge on any atom is 0.227 e. The summed E-state index contributed by atoms with van der Waals surface area (Å²) in [4.78, 5) is 14.6. The fourth-order valence-corrected chi connectivity index (χ4v) is 4.14. The molecule has 1 heterocycles. The topological polar surface area (TPSA) is 29.5 Å². The highest BCUT2D eigenvalue weighted by Gasteiger charge is 2.26. The van der Waals surface area contributed by atoms with Gasteiger partial charge in [0.1, 0.15) is 12.4 Å². The lowest BCUT2D eigenvalue weighted by Crippen LogP contribution is -2.35. The standard InChI is InChI=1S/C30H29NO2/c1-2-11-27-26-18-21-30(32)31(22-9-16-24-12-5-3-6-13-24)28(26)19-20-29(27)33-23-10-17-25-14-7-4-8-15-25/h2-10,12-17,19-20H,1,11,18,21-23H2. The van der Waals surface area contributed by atoms with Crippen LogP contribution < -0.4 is 9.64 Å². The van der Waals surface area contributed by atoms with Crippen molar-refractivity contribution < 1.29 is 9.53 Å². The second-order valence-corrected chi connectivity index (χ2v) is 7.97. The van der Waals surface area contributed by atoms with Crippen molar-refractivity contribution in [2.24, 2.45) is 0 Å². The summed E-state index contributed by atoms with van der Waals surface area (Å²) in [6.45, 7) is 4.97. The van der Waals surface area contributed by atoms with Gasteiger partial charge < -0.3 is 9.64 Å². The number of amides is 1. The van der Waals surface area contributed by atoms with Crippen LogP contribution in [0, 0.1) is 0 Å². The quantitative estimate of drug-likeness (QED) is 0.359. The van der Waals surface area contributed by atoms with Crippen LogP contribution in [0.3, 0.4) is 0 Å². The highest BCUT2D eigenvalue weighted by molar-refractivity contribution is 5.97. The average molecular weight is 436 g/mol. The van der Waals surface area contributed by atoms with Crippen molar-refractivity contribution in [2.45, 2.75) is 19.3 Å². The summed E-state index contributed by atoms with van der Waals surface area (Å²) in [7, 11) is 0. The first-order valence-electron chi connectivity index (χ1n) is 11.4. The van der Waals surface area contributed by atoms with E-state index in [0.717, 1.165) is 34.5 Å². The molecule has 1 aliphatic rings. The summed E-state index contributed by atoms with van der Waals surface area (Å²) in [5, 5.41) is 0. The van der Waals surface area contributed by atoms with E-state index in [4.69, 9.17) is 4.74 Å². The van der Waals surface area contributed by atoms with Crippen molar-refractivity contribution in [3.63, 3.8) is 0 Å². The van der Waals surface area contributed by atoms with Gasteiger partial charge in [0.15, 0.2) is 0 Å². The maximum absolute atomic E-state index is 12.7. The van der Waals surface area contributed by atoms with Gasteiger partial charge in [-0.2, -0.15) is 0 Å². The van der Waals surface area contributed by atoms with Crippen molar-refractivity contribution in [1.29, 1.82) is 0 Å². The Morgan fingerprint density at radius 1 is 0.848 bits per heavy atom. The fraction of sp³-hybridized carbons (Fsp3) is 0.167. The number of benzene rings is 3. The third-order valence-corrected chi connectivity index (χ3v) is 5.74. The minimum atomic E-state index is 0.157. The molecule has 0 bridgehead atoms. The first kappa shape index (κ1) is 22.3. The average Bonchev–Trinajstić information content (AvgIpc) is 2.85. The number of fused-ring (bicyclic) bond motifs is 1. The van der Waals surface area contributed by atoms with Gasteiger partial charge in [0.25, 0.3) is 0 Å². The minimum absolute atomic E-state index is 0.157. The lowest BCUT2D eigenvalue weighted by molar-refractivity contribution is -0.118. The normalized spacial score (nSPS) is 13.5. The summed E-state index contributed by atoms with van der Waals surface area (Å²) < 4.78 is 6.13. The van der Waals surface area contributed by atoms with Crippen LogP contribution >= 0.6 is 0 Å². The summed E-state index contributed by atoms with van der Waals surface area (Å²) >= 11 is 0. The van der Waals surface area contributed by atoms with Crippen molar-refractivity contribution in [2.75, 3.05) is 18.1 Å². The minimum Gasteiger partial charge on any atom is -0.489 e. The molecule has 3 aromatic rings. The van der Waals surface area contributed by atoms with Crippen LogP contribution in [0.4, 0.5) is 5.69 Å². The van der Waals surface area contributed by atoms with Gasteiger partial charge >= 0.3 is 0 Å². The second kappa shape index (κ2) is 11.1. The highest BCUT2D eigenvalue weighted by atomic mass is 16.5. The zero-order chi connectivity index (χ0) is 22.9. The largest absolute Gasteiger partial charge is 0.489 e. The van der Waals surface area contributed by atoms with Gasteiger partial charge in [-0.3, -0.25) is 4.79 Å². The molecule has 0 unspecified atom stereocenters. The smallest absolute Gasteiger partial charge is 0.227 e. The predicted molar refractivity (Wildman–Crippen MR) is 137 cm³/mol. The van der Waals surface area contributed by atoms with E-state index in [1.54, 1.807) is 0 Å². The lowest BCUT2D eigenvalue weighted by Gasteiger charge is -2.31. The van der Waals surface area contributed by atoms with Crippen molar-refractivity contribution in [3.8, 4) is 5.75 Å². The summed E-state index contributed by atoms with van der Waals surface area (Å²) in [6.07, 6.45) is 12.0. The SMILES string of the molecule is C=CCc1c(OCC=Cc2ccccc2)ccc2c1CCC(=O)N2CC=Cc1ccccc1. The van der Waals surface area contributed by atoms with Gasteiger partial charge in [0.05, 0.1) is 0 Å². The van der Waals surface area contributed by atoms with E-state index in [1.165, 1.54) is 5.56 Å². The van der Waals surface area contributed by atoms with Gasteiger partial charge in [-0.15, -0.1) is 6.58 Å². The molecule has 3 heteroatoms. The Labute approximate surface area is 196 Å². The Morgan fingerprint density at radius 2 is 1.52 bits per heavy atom. The molecule has 0 radical (unpaired) electrons. The van der Waals surface area contributed by atoms with Crippen LogP contribution in [0.5, 0.6) is 5.75 Å². The second-order valence-electron chi connectivity index (χ2n) is 7.97. The van der Waals surface area contributed by atoms with E-state index in [-0.39, 0.29) is 5.91 Å². The molecule has 0 fully saturated rings. The molecule has 0 saturated heterocycles. The number of ether oxygens (including phenoxy) is 1. The summed E-state index contributed by atoms with van der Waals surface area (Å²) in [5.41, 5.74) is 5.57. The Hall–Kier alpha value is -3.85. The van der Waals surface area contributed by atoms with Crippen LogP contribution in [0.2, 0.25) is 0 Å². The van der Waals surface area contributed by atoms with Crippen molar-refractivity contribution in [1.82, 2.24) is 0 Å². The van der Waals surface area contributed by atoms with E-state index < -0.39 is 0 Å². The molecule has 3 aromatic carbocycles. The number of rotatable bonds is 9. The first-order valence-corrected chi connectivity index (χ1v) is 11.4. The van der Waals surface area contributed by atoms with Crippen LogP contribution in [0.25, 0.3) is 12.2 Å². The van der Waals surface area contributed by atoms with Crippen LogP contribution in [-0.4, -0.2) is 19.1 Å². The monoisotopic (exact) mass is 435 g/mol. The van der Waals surface area contributed by atoms with Gasteiger partial charge in [-0.05, 0) is 47.7 Å². The van der Waals surface area contributed by atoms with Crippen molar-refractivity contribution in [3.05, 3.63) is 120 Å². The van der Waals surface area contributed by atoms with Gasteiger partial charge in [0.2, 0.25) is 5.91 Å². The Kier molecular flexibility index (Phi) is 7.55. The molecule has 0 aromatic heterocycles. The Bertz CT molecular complexity index is 1150. The van der Waals surface area contributed by atoms with E-state index >= 15 is 0 Å². The van der Waals surface area contributed by atoms with E-state index in [0.29, 0.717) is 26.0 Å². The molecule has 0 atom stereocenters. The van der Waals surface area contributed by atoms with Crippen molar-refractivity contribution >= 4 is 23.7 Å². The van der Waals surface area contributed by atoms with Gasteiger partial charge in [-0.1, -0.05) is 85.0 Å². The number of carbonyl (C=O) groups is 1. The number of carbonyl (C=O) groups excluding carboxylic acids is 1. The first-order chi connectivity index (χ1) is 16.3. The number of allylic oxidation sites excluding steroid dienone is 1. The molecule has 4 rings (SSSR count). The Balaban J connectivity index is 1.52.